The lowest BCUT2D eigenvalue weighted by Gasteiger charge is -1.70. The predicted octanol–water partition coefficient (Wildman–Crippen LogP) is 1.09. The Labute approximate surface area is 55.7 Å². The van der Waals surface area contributed by atoms with Crippen LogP contribution in [0.4, 0.5) is 0 Å². The zero-order valence-electron chi connectivity index (χ0n) is 4.90. The van der Waals surface area contributed by atoms with E-state index < -0.39 is 0 Å². The fraction of sp³-hybridized carbons (Fsp3) is 0.750. The van der Waals surface area contributed by atoms with Crippen LogP contribution in [0.15, 0.2) is 0 Å². The molecule has 0 fully saturated rings. The highest BCUT2D eigenvalue weighted by molar-refractivity contribution is 5.85. The molecule has 0 aromatic rings. The van der Waals surface area contributed by atoms with Crippen LogP contribution in [0.25, 0.3) is 0 Å². The Balaban J connectivity index is -0.0000000575. The molecule has 8 heavy (non-hydrogen) atoms. The quantitative estimate of drug-likeness (QED) is 0.465. The van der Waals surface area contributed by atoms with Gasteiger partial charge in [-0.1, -0.05) is 6.92 Å². The monoisotopic (exact) mass is 137 g/mol. The van der Waals surface area contributed by atoms with Crippen LogP contribution in [0.2, 0.25) is 0 Å². The summed E-state index contributed by atoms with van der Waals surface area (Å²) in [5.74, 6) is 0. The average molecular weight is 138 g/mol. The highest BCUT2D eigenvalue weighted by atomic mass is 35.5. The van der Waals surface area contributed by atoms with Gasteiger partial charge in [0, 0.05) is 0 Å². The number of hydrogen-bond donors (Lipinski definition) is 3. The zero-order chi connectivity index (χ0) is 6.12. The molecule has 0 radical (unpaired) electrons. The number of nitrogens with two attached hydrogens (primary N) is 1. The molecular weight excluding hydrogens is 126 g/mol. The Bertz CT molecular complexity index is 47.2. The van der Waals surface area contributed by atoms with Gasteiger partial charge < -0.3 is 5.73 Å². The van der Waals surface area contributed by atoms with Gasteiger partial charge in [0.1, 0.15) is 0 Å². The summed E-state index contributed by atoms with van der Waals surface area (Å²) in [6.45, 7) is 2.88. The van der Waals surface area contributed by atoms with Crippen molar-refractivity contribution in [2.75, 3.05) is 6.54 Å². The molecule has 4 N–H and O–H groups in total. The van der Waals surface area contributed by atoms with E-state index in [1.54, 1.807) is 0 Å². The minimum atomic E-state index is 0. The largest absolute Gasteiger partial charge is 0.330 e. The molecule has 50 valence electrons. The lowest BCUT2D eigenvalue weighted by Crippen LogP contribution is -1.93. The Hall–Kier alpha value is -0.370. The van der Waals surface area contributed by atoms with Crippen LogP contribution >= 0.6 is 12.4 Å². The second kappa shape index (κ2) is 30.4. The van der Waals surface area contributed by atoms with Gasteiger partial charge in [-0.15, -0.1) is 12.4 Å². The minimum Gasteiger partial charge on any atom is -0.330 e. The second-order valence-electron chi connectivity index (χ2n) is 0.914. The van der Waals surface area contributed by atoms with Crippen LogP contribution in [0, 0.1) is 10.8 Å². The van der Waals surface area contributed by atoms with Crippen molar-refractivity contribution in [1.29, 1.82) is 10.8 Å². The van der Waals surface area contributed by atoms with Crippen LogP contribution in [-0.2, 0) is 0 Å². The number of nitrogens with one attached hydrogen (secondary N) is 2. The van der Waals surface area contributed by atoms with Gasteiger partial charge in [-0.2, -0.15) is 0 Å². The first-order chi connectivity index (χ1) is 3.33. The number of rotatable bonds is 1. The molecule has 0 amide bonds. The van der Waals surface area contributed by atoms with Crippen molar-refractivity contribution >= 4 is 18.4 Å². The van der Waals surface area contributed by atoms with Crippen LogP contribution in [0.1, 0.15) is 13.3 Å². The third-order valence-corrected chi connectivity index (χ3v) is 0.289. The normalized spacial score (nSPS) is 4.75. The van der Waals surface area contributed by atoms with E-state index in [9.17, 15) is 0 Å². The fourth-order valence-electron chi connectivity index (χ4n) is 0. The first-order valence-electron chi connectivity index (χ1n) is 2.12. The molecule has 0 aromatic heterocycles. The summed E-state index contributed by atoms with van der Waals surface area (Å²) in [5, 5.41) is 11.2. The van der Waals surface area contributed by atoms with Crippen LogP contribution in [0.3, 0.4) is 0 Å². The number of halogens is 1. The molecule has 0 spiro atoms. The van der Waals surface area contributed by atoms with Crippen LogP contribution in [-0.4, -0.2) is 12.6 Å². The SMILES string of the molecule is CCCN.Cl.N=C=N. The zero-order valence-corrected chi connectivity index (χ0v) is 5.72. The standard InChI is InChI=1S/C3H9N.CH2N2.ClH/c1-2-3-4;2-1-3;/h2-4H2,1H3;2-3H;1H. The van der Waals surface area contributed by atoms with Gasteiger partial charge in [-0.3, -0.25) is 0 Å². The summed E-state index contributed by atoms with van der Waals surface area (Å²) < 4.78 is 0. The van der Waals surface area contributed by atoms with Crippen molar-refractivity contribution in [3.63, 3.8) is 0 Å². The Morgan fingerprint density at radius 3 is 1.62 bits per heavy atom. The summed E-state index contributed by atoms with van der Waals surface area (Å²) >= 11 is 0. The molecule has 0 aromatic carbocycles. The lowest BCUT2D eigenvalue weighted by atomic mass is 10.5. The van der Waals surface area contributed by atoms with E-state index in [0.717, 1.165) is 13.0 Å². The van der Waals surface area contributed by atoms with E-state index in [2.05, 4.69) is 6.92 Å². The average Bonchev–Trinajstić information content (AvgIpc) is 1.69. The lowest BCUT2D eigenvalue weighted by molar-refractivity contribution is 0.932. The van der Waals surface area contributed by atoms with Gasteiger partial charge in [0.2, 0.25) is 0 Å². The maximum atomic E-state index is 5.62. The second-order valence-corrected chi connectivity index (χ2v) is 0.914. The van der Waals surface area contributed by atoms with E-state index in [1.165, 1.54) is 6.01 Å². The van der Waals surface area contributed by atoms with Gasteiger partial charge in [0.05, 0.1) is 6.01 Å². The predicted molar refractivity (Wildman–Crippen MR) is 37.0 cm³/mol. The van der Waals surface area contributed by atoms with E-state index in [-0.39, 0.29) is 12.4 Å². The van der Waals surface area contributed by atoms with Crippen molar-refractivity contribution in [3.05, 3.63) is 0 Å². The molecule has 4 heteroatoms. The molecular formula is C4H12ClN3. The molecule has 0 unspecified atom stereocenters. The Kier molecular flexibility index (Phi) is 59.4. The first kappa shape index (κ1) is 15.6. The van der Waals surface area contributed by atoms with Gasteiger partial charge in [-0.25, -0.2) is 10.8 Å². The molecule has 3 nitrogen and oxygen atoms in total. The molecule has 0 rings (SSSR count). The highest BCUT2D eigenvalue weighted by Crippen LogP contribution is 1.57. The van der Waals surface area contributed by atoms with Gasteiger partial charge in [0.25, 0.3) is 0 Å². The minimum absolute atomic E-state index is 0. The summed E-state index contributed by atoms with van der Waals surface area (Å²) in [5.41, 5.74) is 5.03. The fourth-order valence-corrected chi connectivity index (χ4v) is 0. The molecule has 0 atom stereocenters. The molecule has 0 saturated carbocycles. The Morgan fingerprint density at radius 1 is 1.50 bits per heavy atom. The van der Waals surface area contributed by atoms with Gasteiger partial charge in [0.15, 0.2) is 0 Å². The third-order valence-electron chi connectivity index (χ3n) is 0.289. The van der Waals surface area contributed by atoms with Crippen LogP contribution in [0.5, 0.6) is 0 Å². The summed E-state index contributed by atoms with van der Waals surface area (Å²) in [6, 6.07) is 1.25. The third kappa shape index (κ3) is 304. The maximum absolute atomic E-state index is 5.62. The molecule has 0 aliphatic heterocycles. The molecule has 0 aliphatic carbocycles. The molecule has 0 aliphatic rings. The Morgan fingerprint density at radius 2 is 1.62 bits per heavy atom. The van der Waals surface area contributed by atoms with Gasteiger partial charge in [-0.05, 0) is 13.0 Å². The van der Waals surface area contributed by atoms with Crippen molar-refractivity contribution < 1.29 is 0 Å². The first-order valence-corrected chi connectivity index (χ1v) is 2.12. The molecule has 0 saturated heterocycles. The van der Waals surface area contributed by atoms with E-state index in [0.29, 0.717) is 0 Å². The van der Waals surface area contributed by atoms with Gasteiger partial charge >= 0.3 is 0 Å². The van der Waals surface area contributed by atoms with Crippen molar-refractivity contribution in [2.24, 2.45) is 5.73 Å². The summed E-state index contributed by atoms with van der Waals surface area (Å²) in [7, 11) is 0. The summed E-state index contributed by atoms with van der Waals surface area (Å²) in [4.78, 5) is 0. The maximum Gasteiger partial charge on any atom is 0.0831 e. The van der Waals surface area contributed by atoms with E-state index in [4.69, 9.17) is 16.6 Å². The molecule has 0 heterocycles. The van der Waals surface area contributed by atoms with E-state index >= 15 is 0 Å². The van der Waals surface area contributed by atoms with E-state index in [1.807, 2.05) is 0 Å². The summed E-state index contributed by atoms with van der Waals surface area (Å²) in [6.07, 6.45) is 1.10. The van der Waals surface area contributed by atoms with Crippen molar-refractivity contribution in [2.45, 2.75) is 13.3 Å². The smallest absolute Gasteiger partial charge is 0.0831 e. The molecule has 0 bridgehead atoms. The van der Waals surface area contributed by atoms with Crippen LogP contribution < -0.4 is 5.73 Å². The van der Waals surface area contributed by atoms with Crippen molar-refractivity contribution in [1.82, 2.24) is 0 Å². The van der Waals surface area contributed by atoms with Crippen molar-refractivity contribution in [3.8, 4) is 0 Å². The number of hydrogen-bond acceptors (Lipinski definition) is 3. The topological polar surface area (TPSA) is 73.7 Å². The highest BCUT2D eigenvalue weighted by Gasteiger charge is 1.55.